The molecule has 0 saturated heterocycles. The van der Waals surface area contributed by atoms with E-state index in [2.05, 4.69) is 15.1 Å². The van der Waals surface area contributed by atoms with E-state index >= 15 is 0 Å². The molecule has 1 aliphatic heterocycles. The molecule has 0 bridgehead atoms. The summed E-state index contributed by atoms with van der Waals surface area (Å²) in [5, 5.41) is 11.8. The van der Waals surface area contributed by atoms with E-state index in [1.165, 1.54) is 24.5 Å². The summed E-state index contributed by atoms with van der Waals surface area (Å²) in [6.07, 6.45) is 3.75. The Kier molecular flexibility index (Phi) is 2.94. The van der Waals surface area contributed by atoms with E-state index in [1.54, 1.807) is 6.07 Å². The minimum atomic E-state index is -0.315. The molecule has 0 radical (unpaired) electrons. The van der Waals surface area contributed by atoms with Crippen molar-refractivity contribution in [3.63, 3.8) is 0 Å². The minimum Gasteiger partial charge on any atom is -0.409 e. The Balaban J connectivity index is 2.11. The fraction of sp³-hybridized carbons (Fsp3) is 0.154. The predicted octanol–water partition coefficient (Wildman–Crippen LogP) is 1.40. The smallest absolute Gasteiger partial charge is 0.192 e. The van der Waals surface area contributed by atoms with Crippen LogP contribution in [0.5, 0.6) is 0 Å². The molecule has 0 fully saturated rings. The molecule has 20 heavy (non-hydrogen) atoms. The SMILES string of the molecule is N/C(=N/O)c1nccnc1N1CCc2ccc(F)cc21. The zero-order chi connectivity index (χ0) is 14.1. The first kappa shape index (κ1) is 12.3. The van der Waals surface area contributed by atoms with Gasteiger partial charge in [0.15, 0.2) is 17.3 Å². The number of hydrogen-bond donors (Lipinski definition) is 2. The first-order chi connectivity index (χ1) is 9.70. The van der Waals surface area contributed by atoms with E-state index in [9.17, 15) is 4.39 Å². The van der Waals surface area contributed by atoms with Gasteiger partial charge in [0.2, 0.25) is 0 Å². The van der Waals surface area contributed by atoms with Gasteiger partial charge in [-0.2, -0.15) is 0 Å². The summed E-state index contributed by atoms with van der Waals surface area (Å²) in [4.78, 5) is 10.1. The molecular weight excluding hydrogens is 261 g/mol. The second-order valence-electron chi connectivity index (χ2n) is 4.39. The molecule has 0 atom stereocenters. The molecule has 0 spiro atoms. The maximum Gasteiger partial charge on any atom is 0.192 e. The van der Waals surface area contributed by atoms with Gasteiger partial charge in [-0.05, 0) is 24.1 Å². The molecule has 0 saturated carbocycles. The summed E-state index contributed by atoms with van der Waals surface area (Å²) in [5.41, 5.74) is 7.64. The molecule has 0 amide bonds. The molecule has 0 unspecified atom stereocenters. The van der Waals surface area contributed by atoms with Crippen LogP contribution in [0.15, 0.2) is 35.7 Å². The van der Waals surface area contributed by atoms with Gasteiger partial charge in [-0.25, -0.2) is 14.4 Å². The van der Waals surface area contributed by atoms with Crippen LogP contribution in [0.3, 0.4) is 0 Å². The van der Waals surface area contributed by atoms with Crippen molar-refractivity contribution in [1.82, 2.24) is 9.97 Å². The van der Waals surface area contributed by atoms with Gasteiger partial charge in [-0.3, -0.25) is 0 Å². The van der Waals surface area contributed by atoms with Gasteiger partial charge in [0.25, 0.3) is 0 Å². The van der Waals surface area contributed by atoms with E-state index in [-0.39, 0.29) is 17.3 Å². The summed E-state index contributed by atoms with van der Waals surface area (Å²) < 4.78 is 13.4. The Labute approximate surface area is 114 Å². The van der Waals surface area contributed by atoms with Crippen molar-refractivity contribution in [2.75, 3.05) is 11.4 Å². The van der Waals surface area contributed by atoms with E-state index in [4.69, 9.17) is 10.9 Å². The van der Waals surface area contributed by atoms with Crippen LogP contribution in [0.25, 0.3) is 0 Å². The third-order valence-corrected chi connectivity index (χ3v) is 3.23. The average Bonchev–Trinajstić information content (AvgIpc) is 2.89. The second-order valence-corrected chi connectivity index (χ2v) is 4.39. The lowest BCUT2D eigenvalue weighted by Gasteiger charge is -2.20. The van der Waals surface area contributed by atoms with Crippen molar-refractivity contribution in [2.45, 2.75) is 6.42 Å². The highest BCUT2D eigenvalue weighted by atomic mass is 19.1. The number of fused-ring (bicyclic) bond motifs is 1. The summed E-state index contributed by atoms with van der Waals surface area (Å²) in [6.45, 7) is 0.642. The highest BCUT2D eigenvalue weighted by Gasteiger charge is 2.25. The molecule has 1 aliphatic rings. The van der Waals surface area contributed by atoms with Gasteiger partial charge < -0.3 is 15.8 Å². The highest BCUT2D eigenvalue weighted by molar-refractivity contribution is 6.00. The summed E-state index contributed by atoms with van der Waals surface area (Å²) in [6, 6.07) is 4.64. The van der Waals surface area contributed by atoms with Gasteiger partial charge >= 0.3 is 0 Å². The average molecular weight is 273 g/mol. The van der Waals surface area contributed by atoms with Crippen molar-refractivity contribution >= 4 is 17.3 Å². The number of aromatic nitrogens is 2. The fourth-order valence-electron chi connectivity index (χ4n) is 2.33. The monoisotopic (exact) mass is 273 g/mol. The van der Waals surface area contributed by atoms with Crippen LogP contribution in [0.4, 0.5) is 15.9 Å². The number of amidine groups is 1. The fourth-order valence-corrected chi connectivity index (χ4v) is 2.33. The topological polar surface area (TPSA) is 87.6 Å². The standard InChI is InChI=1S/C13H12FN5O/c14-9-2-1-8-3-6-19(10(8)7-9)13-11(12(15)18-20)16-4-5-17-13/h1-2,4-5,7,20H,3,6H2,(H2,15,18). The number of anilines is 2. The molecule has 6 nitrogen and oxygen atoms in total. The quantitative estimate of drug-likeness (QED) is 0.374. The highest BCUT2D eigenvalue weighted by Crippen LogP contribution is 2.34. The van der Waals surface area contributed by atoms with Crippen LogP contribution >= 0.6 is 0 Å². The second kappa shape index (κ2) is 4.76. The molecule has 3 N–H and O–H groups in total. The number of nitrogens with two attached hydrogens (primary N) is 1. The summed E-state index contributed by atoms with van der Waals surface area (Å²) >= 11 is 0. The van der Waals surface area contributed by atoms with Crippen LogP contribution in [-0.4, -0.2) is 27.6 Å². The maximum atomic E-state index is 13.4. The third-order valence-electron chi connectivity index (χ3n) is 3.23. The number of hydrogen-bond acceptors (Lipinski definition) is 5. The van der Waals surface area contributed by atoms with Crippen LogP contribution in [-0.2, 0) is 6.42 Å². The number of oxime groups is 1. The van der Waals surface area contributed by atoms with Gasteiger partial charge in [0.1, 0.15) is 5.82 Å². The van der Waals surface area contributed by atoms with Crippen molar-refractivity contribution < 1.29 is 9.60 Å². The van der Waals surface area contributed by atoms with Crippen LogP contribution < -0.4 is 10.6 Å². The first-order valence-corrected chi connectivity index (χ1v) is 6.05. The van der Waals surface area contributed by atoms with E-state index in [1.807, 2.05) is 4.90 Å². The Morgan fingerprint density at radius 1 is 1.35 bits per heavy atom. The Hall–Kier alpha value is -2.70. The lowest BCUT2D eigenvalue weighted by Crippen LogP contribution is -2.23. The molecule has 0 aliphatic carbocycles. The number of rotatable bonds is 2. The van der Waals surface area contributed by atoms with Gasteiger partial charge in [0, 0.05) is 24.6 Å². The zero-order valence-corrected chi connectivity index (χ0v) is 10.5. The van der Waals surface area contributed by atoms with Crippen LogP contribution in [0.1, 0.15) is 11.3 Å². The molecule has 102 valence electrons. The molecule has 1 aromatic carbocycles. The predicted molar refractivity (Wildman–Crippen MR) is 71.7 cm³/mol. The number of nitrogens with zero attached hydrogens (tertiary/aromatic N) is 4. The summed E-state index contributed by atoms with van der Waals surface area (Å²) in [7, 11) is 0. The van der Waals surface area contributed by atoms with Gasteiger partial charge in [-0.15, -0.1) is 0 Å². The van der Waals surface area contributed by atoms with Crippen molar-refractivity contribution in [1.29, 1.82) is 0 Å². The number of halogens is 1. The Morgan fingerprint density at radius 3 is 2.95 bits per heavy atom. The summed E-state index contributed by atoms with van der Waals surface area (Å²) in [5.74, 6) is 0.00925. The molecule has 2 aromatic rings. The van der Waals surface area contributed by atoms with Crippen molar-refractivity contribution in [3.8, 4) is 0 Å². The molecule has 7 heteroatoms. The number of benzene rings is 1. The van der Waals surface area contributed by atoms with Crippen molar-refractivity contribution in [3.05, 3.63) is 47.7 Å². The van der Waals surface area contributed by atoms with Gasteiger partial charge in [-0.1, -0.05) is 11.2 Å². The normalized spacial score (nSPS) is 14.4. The van der Waals surface area contributed by atoms with Gasteiger partial charge in [0.05, 0.1) is 0 Å². The first-order valence-electron chi connectivity index (χ1n) is 6.05. The molecule has 3 rings (SSSR count). The van der Waals surface area contributed by atoms with Crippen LogP contribution in [0.2, 0.25) is 0 Å². The zero-order valence-electron chi connectivity index (χ0n) is 10.5. The maximum absolute atomic E-state index is 13.4. The van der Waals surface area contributed by atoms with Crippen LogP contribution in [0, 0.1) is 5.82 Å². The van der Waals surface area contributed by atoms with E-state index < -0.39 is 0 Å². The minimum absolute atomic E-state index is 0.127. The lowest BCUT2D eigenvalue weighted by molar-refractivity contribution is 0.318. The molecule has 1 aromatic heterocycles. The Morgan fingerprint density at radius 2 is 2.15 bits per heavy atom. The molecule has 2 heterocycles. The lowest BCUT2D eigenvalue weighted by atomic mass is 10.2. The van der Waals surface area contributed by atoms with E-state index in [0.29, 0.717) is 12.4 Å². The Bertz CT molecular complexity index is 688. The largest absolute Gasteiger partial charge is 0.409 e. The van der Waals surface area contributed by atoms with Crippen molar-refractivity contribution in [2.24, 2.45) is 10.9 Å². The van der Waals surface area contributed by atoms with E-state index in [0.717, 1.165) is 17.7 Å². The molecular formula is C13H12FN5O. The third kappa shape index (κ3) is 1.93.